The van der Waals surface area contributed by atoms with Crippen LogP contribution in [0.1, 0.15) is 15.9 Å². The third-order valence-electron chi connectivity index (χ3n) is 3.21. The number of ether oxygens (including phenoxy) is 1. The van der Waals surface area contributed by atoms with E-state index in [1.54, 1.807) is 13.0 Å². The van der Waals surface area contributed by atoms with Gasteiger partial charge in [-0.05, 0) is 18.6 Å². The number of nitrogens with one attached hydrogen (secondary N) is 2. The highest BCUT2D eigenvalue weighted by molar-refractivity contribution is 8.00. The maximum atomic E-state index is 12.2. The van der Waals surface area contributed by atoms with E-state index >= 15 is 0 Å². The molecule has 0 unspecified atom stereocenters. The summed E-state index contributed by atoms with van der Waals surface area (Å²) in [4.78, 5) is 35.1. The van der Waals surface area contributed by atoms with Crippen LogP contribution in [0.4, 0.5) is 5.69 Å². The molecule has 0 radical (unpaired) electrons. The van der Waals surface area contributed by atoms with Crippen molar-refractivity contribution in [3.8, 4) is 5.75 Å². The number of methoxy groups -OCH3 is 1. The van der Waals surface area contributed by atoms with E-state index in [1.807, 2.05) is 0 Å². The van der Waals surface area contributed by atoms with Crippen LogP contribution in [0.25, 0.3) is 0 Å². The molecule has 3 N–H and O–H groups in total. The van der Waals surface area contributed by atoms with Gasteiger partial charge in [-0.1, -0.05) is 6.07 Å². The lowest BCUT2D eigenvalue weighted by molar-refractivity contribution is -0.124. The van der Waals surface area contributed by atoms with Crippen LogP contribution in [0.3, 0.4) is 0 Å². The summed E-state index contributed by atoms with van der Waals surface area (Å²) in [5.74, 6) is -0.925. The summed E-state index contributed by atoms with van der Waals surface area (Å²) in [5, 5.41) is 15.3. The van der Waals surface area contributed by atoms with Crippen LogP contribution in [0.15, 0.2) is 12.1 Å². The number of anilines is 1. The van der Waals surface area contributed by atoms with Gasteiger partial charge in [0, 0.05) is 5.75 Å². The quantitative estimate of drug-likeness (QED) is 0.557. The predicted molar refractivity (Wildman–Crippen MR) is 82.1 cm³/mol. The minimum atomic E-state index is -0.700. The second-order valence-corrected chi connectivity index (χ2v) is 5.80. The molecule has 2 rings (SSSR count). The molecule has 22 heavy (non-hydrogen) atoms. The number of phenols is 1. The number of aryl methyl sites for hydroxylation is 1. The van der Waals surface area contributed by atoms with Crippen molar-refractivity contribution in [2.45, 2.75) is 13.0 Å². The Balaban J connectivity index is 2.23. The average molecular weight is 324 g/mol. The highest BCUT2D eigenvalue weighted by Crippen LogP contribution is 2.32. The number of carbonyl (C=O) groups is 3. The minimum Gasteiger partial charge on any atom is -0.505 e. The second-order valence-electron chi connectivity index (χ2n) is 4.77. The van der Waals surface area contributed by atoms with Gasteiger partial charge in [-0.15, -0.1) is 11.8 Å². The monoisotopic (exact) mass is 324 g/mol. The molecular formula is C14H16N2O5S. The molecule has 2 amide bonds. The molecule has 1 fully saturated rings. The fraction of sp³-hybridized carbons (Fsp3) is 0.357. The summed E-state index contributed by atoms with van der Waals surface area (Å²) in [6, 6.07) is 2.34. The van der Waals surface area contributed by atoms with E-state index < -0.39 is 17.9 Å². The highest BCUT2D eigenvalue weighted by atomic mass is 32.2. The van der Waals surface area contributed by atoms with Crippen LogP contribution in [0.5, 0.6) is 5.75 Å². The summed E-state index contributed by atoms with van der Waals surface area (Å²) in [6.45, 7) is 1.69. The molecule has 8 heteroatoms. The summed E-state index contributed by atoms with van der Waals surface area (Å²) in [6.07, 6.45) is 0. The number of aromatic hydroxyl groups is 1. The summed E-state index contributed by atoms with van der Waals surface area (Å²) in [5.41, 5.74) is 0.691. The number of benzene rings is 1. The zero-order valence-corrected chi connectivity index (χ0v) is 13.0. The standard InChI is InChI=1S/C14H16N2O5S/c1-7-3-4-8(14(20)21-2)12(18)11(7)16-13(19)9-5-22-6-10(17)15-9/h3-4,9,18H,5-6H2,1-2H3,(H,15,17)(H,16,19)/t9-/m0/s1. The Labute approximate surface area is 131 Å². The summed E-state index contributed by atoms with van der Waals surface area (Å²) >= 11 is 1.36. The van der Waals surface area contributed by atoms with E-state index in [9.17, 15) is 19.5 Å². The summed E-state index contributed by atoms with van der Waals surface area (Å²) < 4.78 is 4.58. The van der Waals surface area contributed by atoms with E-state index in [-0.39, 0.29) is 22.9 Å². The molecular weight excluding hydrogens is 308 g/mol. The second kappa shape index (κ2) is 6.69. The number of hydrogen-bond donors (Lipinski definition) is 3. The number of carbonyl (C=O) groups excluding carboxylic acids is 3. The fourth-order valence-corrected chi connectivity index (χ4v) is 2.88. The minimum absolute atomic E-state index is 0.0366. The van der Waals surface area contributed by atoms with Gasteiger partial charge < -0.3 is 20.5 Å². The molecule has 1 aliphatic rings. The van der Waals surface area contributed by atoms with Crippen molar-refractivity contribution in [2.75, 3.05) is 23.9 Å². The van der Waals surface area contributed by atoms with E-state index in [0.29, 0.717) is 17.1 Å². The van der Waals surface area contributed by atoms with E-state index in [0.717, 1.165) is 0 Å². The van der Waals surface area contributed by atoms with Crippen LogP contribution in [-0.4, -0.2) is 47.5 Å². The maximum absolute atomic E-state index is 12.2. The van der Waals surface area contributed by atoms with Gasteiger partial charge in [-0.2, -0.15) is 0 Å². The number of esters is 1. The van der Waals surface area contributed by atoms with Crippen LogP contribution in [-0.2, 0) is 14.3 Å². The Morgan fingerprint density at radius 3 is 2.82 bits per heavy atom. The van der Waals surface area contributed by atoms with E-state index in [1.165, 1.54) is 24.9 Å². The molecule has 1 aliphatic heterocycles. The molecule has 0 aromatic heterocycles. The van der Waals surface area contributed by atoms with Crippen molar-refractivity contribution < 1.29 is 24.2 Å². The first-order valence-electron chi connectivity index (χ1n) is 6.53. The van der Waals surface area contributed by atoms with Crippen molar-refractivity contribution in [1.29, 1.82) is 0 Å². The zero-order valence-electron chi connectivity index (χ0n) is 12.1. The maximum Gasteiger partial charge on any atom is 0.341 e. The Morgan fingerprint density at radius 1 is 1.45 bits per heavy atom. The van der Waals surface area contributed by atoms with Crippen molar-refractivity contribution in [2.24, 2.45) is 0 Å². The van der Waals surface area contributed by atoms with Gasteiger partial charge >= 0.3 is 5.97 Å². The number of hydrogen-bond acceptors (Lipinski definition) is 6. The molecule has 1 atom stereocenters. The molecule has 0 saturated carbocycles. The van der Waals surface area contributed by atoms with Gasteiger partial charge in [0.2, 0.25) is 11.8 Å². The largest absolute Gasteiger partial charge is 0.505 e. The molecule has 1 saturated heterocycles. The highest BCUT2D eigenvalue weighted by Gasteiger charge is 2.27. The molecule has 0 aliphatic carbocycles. The molecule has 0 bridgehead atoms. The normalized spacial score (nSPS) is 17.5. The lowest BCUT2D eigenvalue weighted by Gasteiger charge is -2.23. The van der Waals surface area contributed by atoms with Gasteiger partial charge in [0.15, 0.2) is 5.75 Å². The van der Waals surface area contributed by atoms with Crippen LogP contribution in [0, 0.1) is 6.92 Å². The SMILES string of the molecule is COC(=O)c1ccc(C)c(NC(=O)[C@@H]2CSCC(=O)N2)c1O. The van der Waals surface area contributed by atoms with Gasteiger partial charge in [0.05, 0.1) is 18.6 Å². The Morgan fingerprint density at radius 2 is 2.18 bits per heavy atom. The van der Waals surface area contributed by atoms with Crippen LogP contribution in [0.2, 0.25) is 0 Å². The molecule has 1 aromatic rings. The molecule has 1 aromatic carbocycles. The number of thioether (sulfide) groups is 1. The molecule has 7 nitrogen and oxygen atoms in total. The Kier molecular flexibility index (Phi) is 4.92. The van der Waals surface area contributed by atoms with Crippen molar-refractivity contribution in [3.63, 3.8) is 0 Å². The first-order chi connectivity index (χ1) is 10.4. The van der Waals surface area contributed by atoms with Crippen LogP contribution < -0.4 is 10.6 Å². The van der Waals surface area contributed by atoms with Gasteiger partial charge in [-0.25, -0.2) is 4.79 Å². The Hall–Kier alpha value is -2.22. The fourth-order valence-electron chi connectivity index (χ4n) is 2.02. The topological polar surface area (TPSA) is 105 Å². The van der Waals surface area contributed by atoms with Gasteiger partial charge in [0.1, 0.15) is 11.6 Å². The molecule has 0 spiro atoms. The number of rotatable bonds is 3. The first-order valence-corrected chi connectivity index (χ1v) is 7.68. The molecule has 1 heterocycles. The first kappa shape index (κ1) is 16.2. The van der Waals surface area contributed by atoms with Gasteiger partial charge in [0.25, 0.3) is 0 Å². The Bertz CT molecular complexity index is 632. The van der Waals surface area contributed by atoms with Crippen molar-refractivity contribution in [3.05, 3.63) is 23.3 Å². The van der Waals surface area contributed by atoms with E-state index in [4.69, 9.17) is 0 Å². The predicted octanol–water partition coefficient (Wildman–Crippen LogP) is 0.657. The third-order valence-corrected chi connectivity index (χ3v) is 4.24. The van der Waals surface area contributed by atoms with Crippen LogP contribution >= 0.6 is 11.8 Å². The lowest BCUT2D eigenvalue weighted by Crippen LogP contribution is -2.49. The van der Waals surface area contributed by atoms with Gasteiger partial charge in [-0.3, -0.25) is 9.59 Å². The smallest absolute Gasteiger partial charge is 0.341 e. The third kappa shape index (κ3) is 3.33. The lowest BCUT2D eigenvalue weighted by atomic mass is 10.1. The molecule has 118 valence electrons. The van der Waals surface area contributed by atoms with E-state index in [2.05, 4.69) is 15.4 Å². The summed E-state index contributed by atoms with van der Waals surface area (Å²) in [7, 11) is 1.20. The number of amides is 2. The zero-order chi connectivity index (χ0) is 16.3. The average Bonchev–Trinajstić information content (AvgIpc) is 2.50. The van der Waals surface area contributed by atoms with Crippen molar-refractivity contribution in [1.82, 2.24) is 5.32 Å². The number of phenolic OH excluding ortho intramolecular Hbond substituents is 1. The van der Waals surface area contributed by atoms with Crippen molar-refractivity contribution >= 4 is 35.2 Å².